The third-order valence-corrected chi connectivity index (χ3v) is 6.85. The number of hydrogen-bond acceptors (Lipinski definition) is 0. The quantitative estimate of drug-likeness (QED) is 0.715. The van der Waals surface area contributed by atoms with Gasteiger partial charge in [0.15, 0.2) is 0 Å². The van der Waals surface area contributed by atoms with Crippen molar-refractivity contribution in [1.29, 1.82) is 0 Å². The smallest absolute Gasteiger partial charge is 0.0984 e. The van der Waals surface area contributed by atoms with E-state index in [1.54, 1.807) is 10.5 Å². The lowest BCUT2D eigenvalue weighted by Crippen LogP contribution is -2.43. The van der Waals surface area contributed by atoms with E-state index in [9.17, 15) is 0 Å². The monoisotopic (exact) mass is 239 g/mol. The molecule has 0 spiro atoms. The Morgan fingerprint density at radius 1 is 1.00 bits per heavy atom. The molecule has 0 bridgehead atoms. The summed E-state index contributed by atoms with van der Waals surface area (Å²) >= 11 is 0. The van der Waals surface area contributed by atoms with Crippen LogP contribution < -0.4 is 10.5 Å². The van der Waals surface area contributed by atoms with E-state index < -0.39 is 16.1 Å². The predicted octanol–water partition coefficient (Wildman–Crippen LogP) is 2.60. The first-order valence-corrected chi connectivity index (χ1v) is 12.9. The molecule has 1 aromatic rings. The summed E-state index contributed by atoms with van der Waals surface area (Å²) in [5.74, 6) is 0. The van der Waals surface area contributed by atoms with Gasteiger partial charge in [-0.05, 0) is 18.2 Å². The van der Waals surface area contributed by atoms with Gasteiger partial charge in [-0.25, -0.2) is 0 Å². The highest BCUT2D eigenvalue weighted by atomic mass is 28.3. The van der Waals surface area contributed by atoms with Crippen molar-refractivity contribution in [3.63, 3.8) is 0 Å². The zero-order valence-electron chi connectivity index (χ0n) is 11.3. The van der Waals surface area contributed by atoms with E-state index in [0.717, 1.165) is 6.54 Å². The maximum atomic E-state index is 2.49. The molecule has 1 heterocycles. The number of aromatic nitrogens is 1. The molecule has 1 aromatic heterocycles. The molecular formula is C12H25NSi2. The van der Waals surface area contributed by atoms with E-state index in [1.165, 1.54) is 0 Å². The van der Waals surface area contributed by atoms with Crippen molar-refractivity contribution >= 4 is 26.7 Å². The summed E-state index contributed by atoms with van der Waals surface area (Å²) in [5.41, 5.74) is 0. The standard InChI is InChI=1S/C12H25NSi2/c1-8-13-10-11(14(2,3)4)9-12(13)15(5,6)7/h9-10H,8H2,1-7H3. The van der Waals surface area contributed by atoms with E-state index in [-0.39, 0.29) is 0 Å². The minimum Gasteiger partial charge on any atom is -0.356 e. The van der Waals surface area contributed by atoms with Gasteiger partial charge >= 0.3 is 0 Å². The summed E-state index contributed by atoms with van der Waals surface area (Å²) < 4.78 is 2.47. The Hall–Kier alpha value is -0.286. The second-order valence-corrected chi connectivity index (χ2v) is 16.5. The summed E-state index contributed by atoms with van der Waals surface area (Å²) in [4.78, 5) is 0. The molecule has 0 unspecified atom stereocenters. The highest BCUT2D eigenvalue weighted by Crippen LogP contribution is 2.07. The van der Waals surface area contributed by atoms with Crippen LogP contribution in [0, 0.1) is 0 Å². The molecule has 0 aliphatic rings. The lowest BCUT2D eigenvalue weighted by atomic mass is 10.7. The van der Waals surface area contributed by atoms with Crippen LogP contribution in [0.3, 0.4) is 0 Å². The first-order valence-electron chi connectivity index (χ1n) is 5.87. The molecule has 0 atom stereocenters. The van der Waals surface area contributed by atoms with Crippen LogP contribution in [-0.2, 0) is 6.54 Å². The van der Waals surface area contributed by atoms with Gasteiger partial charge in [0.05, 0.1) is 16.1 Å². The van der Waals surface area contributed by atoms with Gasteiger partial charge in [-0.15, -0.1) is 0 Å². The van der Waals surface area contributed by atoms with Crippen LogP contribution in [-0.4, -0.2) is 20.7 Å². The topological polar surface area (TPSA) is 4.93 Å². The van der Waals surface area contributed by atoms with Gasteiger partial charge < -0.3 is 4.57 Å². The Balaban J connectivity index is 3.24. The van der Waals surface area contributed by atoms with Crippen LogP contribution in [0.5, 0.6) is 0 Å². The van der Waals surface area contributed by atoms with Crippen LogP contribution in [0.4, 0.5) is 0 Å². The van der Waals surface area contributed by atoms with E-state index >= 15 is 0 Å². The molecule has 1 rings (SSSR count). The third kappa shape index (κ3) is 2.85. The Kier molecular flexibility index (Phi) is 3.36. The summed E-state index contributed by atoms with van der Waals surface area (Å²) in [6, 6.07) is 2.49. The summed E-state index contributed by atoms with van der Waals surface area (Å²) in [6.07, 6.45) is 2.40. The maximum absolute atomic E-state index is 2.49. The normalized spacial score (nSPS) is 13.3. The number of nitrogens with zero attached hydrogens (tertiary/aromatic N) is 1. The second-order valence-electron chi connectivity index (χ2n) is 6.40. The minimum atomic E-state index is -1.17. The summed E-state index contributed by atoms with van der Waals surface area (Å²) in [6.45, 7) is 17.9. The zero-order chi connectivity index (χ0) is 11.9. The molecule has 3 heteroatoms. The van der Waals surface area contributed by atoms with Crippen LogP contribution >= 0.6 is 0 Å². The Labute approximate surface area is 96.5 Å². The van der Waals surface area contributed by atoms with E-state index in [4.69, 9.17) is 0 Å². The maximum Gasteiger partial charge on any atom is 0.0984 e. The average molecular weight is 240 g/mol. The van der Waals surface area contributed by atoms with E-state index in [1.807, 2.05) is 0 Å². The third-order valence-electron chi connectivity index (χ3n) is 2.87. The molecule has 0 aromatic carbocycles. The lowest BCUT2D eigenvalue weighted by Gasteiger charge is -2.18. The number of aryl methyl sites for hydroxylation is 1. The minimum absolute atomic E-state index is 1.12. The molecule has 0 amide bonds. The molecule has 0 radical (unpaired) electrons. The highest BCUT2D eigenvalue weighted by molar-refractivity contribution is 6.91. The average Bonchev–Trinajstić information content (AvgIpc) is 2.44. The van der Waals surface area contributed by atoms with Crippen molar-refractivity contribution in [3.8, 4) is 0 Å². The molecular weight excluding hydrogens is 214 g/mol. The Morgan fingerprint density at radius 3 is 1.80 bits per heavy atom. The van der Waals surface area contributed by atoms with Crippen LogP contribution in [0.1, 0.15) is 6.92 Å². The van der Waals surface area contributed by atoms with Gasteiger partial charge in [0, 0.05) is 18.1 Å². The van der Waals surface area contributed by atoms with Gasteiger partial charge in [0.1, 0.15) is 0 Å². The van der Waals surface area contributed by atoms with Crippen LogP contribution in [0.25, 0.3) is 0 Å². The van der Waals surface area contributed by atoms with Crippen molar-refractivity contribution in [3.05, 3.63) is 12.3 Å². The van der Waals surface area contributed by atoms with E-state index in [0.29, 0.717) is 0 Å². The molecule has 1 nitrogen and oxygen atoms in total. The second kappa shape index (κ2) is 3.94. The SMILES string of the molecule is CCn1cc([Si](C)(C)C)cc1[Si](C)(C)C. The van der Waals surface area contributed by atoms with Gasteiger partial charge in [-0.3, -0.25) is 0 Å². The fourth-order valence-corrected chi connectivity index (χ4v) is 4.75. The molecule has 0 fully saturated rings. The highest BCUT2D eigenvalue weighted by Gasteiger charge is 2.25. The summed E-state index contributed by atoms with van der Waals surface area (Å²) in [7, 11) is -2.31. The largest absolute Gasteiger partial charge is 0.356 e. The molecule has 15 heavy (non-hydrogen) atoms. The fourth-order valence-electron chi connectivity index (χ4n) is 1.82. The summed E-state index contributed by atoms with van der Waals surface area (Å²) in [5, 5.41) is 3.23. The van der Waals surface area contributed by atoms with Crippen molar-refractivity contribution in [2.75, 3.05) is 0 Å². The van der Waals surface area contributed by atoms with Gasteiger partial charge in [-0.2, -0.15) is 0 Å². The number of rotatable bonds is 3. The van der Waals surface area contributed by atoms with Crippen LogP contribution in [0.2, 0.25) is 39.3 Å². The van der Waals surface area contributed by atoms with Crippen molar-refractivity contribution in [2.45, 2.75) is 52.8 Å². The van der Waals surface area contributed by atoms with E-state index in [2.05, 4.69) is 63.0 Å². The van der Waals surface area contributed by atoms with Gasteiger partial charge in [0.25, 0.3) is 0 Å². The predicted molar refractivity (Wildman–Crippen MR) is 76.1 cm³/mol. The van der Waals surface area contributed by atoms with Crippen molar-refractivity contribution in [2.24, 2.45) is 0 Å². The number of hydrogen-bond donors (Lipinski definition) is 0. The molecule has 0 aliphatic carbocycles. The molecule has 86 valence electrons. The Morgan fingerprint density at radius 2 is 1.53 bits per heavy atom. The fraction of sp³-hybridized carbons (Fsp3) is 0.667. The van der Waals surface area contributed by atoms with Crippen LogP contribution in [0.15, 0.2) is 12.3 Å². The lowest BCUT2D eigenvalue weighted by molar-refractivity contribution is 0.788. The molecule has 0 saturated heterocycles. The molecule has 0 saturated carbocycles. The first kappa shape index (κ1) is 12.8. The van der Waals surface area contributed by atoms with Gasteiger partial charge in [-0.1, -0.05) is 39.3 Å². The van der Waals surface area contributed by atoms with Crippen molar-refractivity contribution < 1.29 is 0 Å². The molecule has 0 aliphatic heterocycles. The zero-order valence-corrected chi connectivity index (χ0v) is 13.3. The van der Waals surface area contributed by atoms with Crippen molar-refractivity contribution in [1.82, 2.24) is 4.57 Å². The first-order chi connectivity index (χ1) is 6.66. The molecule has 0 N–H and O–H groups in total. The van der Waals surface area contributed by atoms with Gasteiger partial charge in [0.2, 0.25) is 0 Å². The Bertz CT molecular complexity index is 339.